The van der Waals surface area contributed by atoms with Crippen molar-refractivity contribution in [2.75, 3.05) is 0 Å². The van der Waals surface area contributed by atoms with Gasteiger partial charge in [-0.1, -0.05) is 11.6 Å². The summed E-state index contributed by atoms with van der Waals surface area (Å²) in [4.78, 5) is -0.370. The minimum absolute atomic E-state index is 0.0931. The van der Waals surface area contributed by atoms with Gasteiger partial charge in [-0.15, -0.1) is 0 Å². The van der Waals surface area contributed by atoms with Crippen LogP contribution in [0.25, 0.3) is 0 Å². The quantitative estimate of drug-likeness (QED) is 0.823. The summed E-state index contributed by atoms with van der Waals surface area (Å²) in [7, 11) is 1.12. The number of halogens is 2. The third kappa shape index (κ3) is 2.61. The Hall–Kier alpha value is -0.800. The molecule has 2 N–H and O–H groups in total. The van der Waals surface area contributed by atoms with Crippen molar-refractivity contribution >= 4 is 31.3 Å². The van der Waals surface area contributed by atoms with Crippen LogP contribution in [0.2, 0.25) is 5.02 Å². The lowest BCUT2D eigenvalue weighted by Crippen LogP contribution is -2.02. The van der Waals surface area contributed by atoms with Gasteiger partial charge in [-0.3, -0.25) is 0 Å². The SMILES string of the molecule is N#Cc1cc(CN)cc(Cl)c1S(=O)(=O)Cl. The van der Waals surface area contributed by atoms with Crippen LogP contribution < -0.4 is 5.73 Å². The molecule has 0 aliphatic heterocycles. The van der Waals surface area contributed by atoms with E-state index in [4.69, 9.17) is 33.3 Å². The van der Waals surface area contributed by atoms with Gasteiger partial charge in [-0.25, -0.2) is 8.42 Å². The van der Waals surface area contributed by atoms with E-state index < -0.39 is 9.05 Å². The van der Waals surface area contributed by atoms with Gasteiger partial charge in [-0.2, -0.15) is 5.26 Å². The van der Waals surface area contributed by atoms with Gasteiger partial charge < -0.3 is 5.73 Å². The fourth-order valence-corrected chi connectivity index (χ4v) is 2.92. The number of nitrogens with two attached hydrogens (primary N) is 1. The number of hydrogen-bond donors (Lipinski definition) is 1. The summed E-state index contributed by atoms with van der Waals surface area (Å²) in [5, 5.41) is 8.66. The van der Waals surface area contributed by atoms with Crippen LogP contribution in [0.15, 0.2) is 17.0 Å². The van der Waals surface area contributed by atoms with Crippen molar-refractivity contribution in [3.8, 4) is 6.07 Å². The molecule has 0 saturated heterocycles. The van der Waals surface area contributed by atoms with E-state index >= 15 is 0 Å². The Balaban J connectivity index is 3.61. The van der Waals surface area contributed by atoms with Gasteiger partial charge >= 0.3 is 0 Å². The van der Waals surface area contributed by atoms with E-state index in [1.54, 1.807) is 6.07 Å². The molecule has 0 aromatic heterocycles. The third-order valence-electron chi connectivity index (χ3n) is 1.70. The van der Waals surface area contributed by atoms with Crippen molar-refractivity contribution in [2.45, 2.75) is 11.4 Å². The van der Waals surface area contributed by atoms with E-state index in [0.717, 1.165) is 0 Å². The second-order valence-electron chi connectivity index (χ2n) is 2.71. The highest BCUT2D eigenvalue weighted by molar-refractivity contribution is 8.13. The van der Waals surface area contributed by atoms with Crippen molar-refractivity contribution in [3.63, 3.8) is 0 Å². The molecule has 0 aliphatic rings. The monoisotopic (exact) mass is 264 g/mol. The maximum absolute atomic E-state index is 11.1. The van der Waals surface area contributed by atoms with Crippen molar-refractivity contribution in [1.82, 2.24) is 0 Å². The fourth-order valence-electron chi connectivity index (χ4n) is 1.10. The first-order chi connectivity index (χ1) is 6.90. The first kappa shape index (κ1) is 12.3. The van der Waals surface area contributed by atoms with Crippen LogP contribution in [0.4, 0.5) is 0 Å². The molecule has 7 heteroatoms. The Morgan fingerprint density at radius 3 is 2.47 bits per heavy atom. The largest absolute Gasteiger partial charge is 0.326 e. The molecule has 0 aliphatic carbocycles. The molecule has 0 fully saturated rings. The van der Waals surface area contributed by atoms with E-state index in [-0.39, 0.29) is 22.0 Å². The topological polar surface area (TPSA) is 83.9 Å². The second kappa shape index (κ2) is 4.37. The molecule has 0 bridgehead atoms. The van der Waals surface area contributed by atoms with Crippen molar-refractivity contribution < 1.29 is 8.42 Å². The molecular formula is C8H6Cl2N2O2S. The van der Waals surface area contributed by atoms with Crippen LogP contribution >= 0.6 is 22.3 Å². The summed E-state index contributed by atoms with van der Waals surface area (Å²) >= 11 is 5.71. The highest BCUT2D eigenvalue weighted by atomic mass is 35.7. The van der Waals surface area contributed by atoms with Gasteiger partial charge in [-0.05, 0) is 17.7 Å². The van der Waals surface area contributed by atoms with E-state index in [0.29, 0.717) is 5.56 Å². The molecule has 0 spiro atoms. The second-order valence-corrected chi connectivity index (χ2v) is 5.62. The van der Waals surface area contributed by atoms with Crippen LogP contribution in [0.5, 0.6) is 0 Å². The maximum Gasteiger partial charge on any atom is 0.264 e. The summed E-state index contributed by atoms with van der Waals surface area (Å²) in [6.45, 7) is 0.164. The minimum atomic E-state index is -4.02. The molecule has 15 heavy (non-hydrogen) atoms. The maximum atomic E-state index is 11.1. The average Bonchev–Trinajstić information content (AvgIpc) is 2.14. The Kier molecular flexibility index (Phi) is 3.58. The minimum Gasteiger partial charge on any atom is -0.326 e. The fraction of sp³-hybridized carbons (Fsp3) is 0.125. The molecule has 0 radical (unpaired) electrons. The lowest BCUT2D eigenvalue weighted by molar-refractivity contribution is 0.609. The Bertz CT molecular complexity index is 534. The highest BCUT2D eigenvalue weighted by Gasteiger charge is 2.20. The molecule has 1 aromatic carbocycles. The van der Waals surface area contributed by atoms with Gasteiger partial charge in [0.05, 0.1) is 10.6 Å². The summed E-state index contributed by atoms with van der Waals surface area (Å²) in [5.41, 5.74) is 5.82. The Morgan fingerprint density at radius 2 is 2.07 bits per heavy atom. The molecule has 0 amide bonds. The van der Waals surface area contributed by atoms with E-state index in [2.05, 4.69) is 0 Å². The summed E-state index contributed by atoms with van der Waals surface area (Å²) in [6.07, 6.45) is 0. The Labute approximate surface area is 96.6 Å². The zero-order valence-corrected chi connectivity index (χ0v) is 9.70. The number of benzene rings is 1. The third-order valence-corrected chi connectivity index (χ3v) is 3.50. The lowest BCUT2D eigenvalue weighted by Gasteiger charge is -2.05. The highest BCUT2D eigenvalue weighted by Crippen LogP contribution is 2.29. The number of nitriles is 1. The van der Waals surface area contributed by atoms with Crippen LogP contribution in [-0.4, -0.2) is 8.42 Å². The predicted molar refractivity (Wildman–Crippen MR) is 57.1 cm³/mol. The van der Waals surface area contributed by atoms with E-state index in [1.165, 1.54) is 12.1 Å². The van der Waals surface area contributed by atoms with Gasteiger partial charge in [0.2, 0.25) is 0 Å². The van der Waals surface area contributed by atoms with Gasteiger partial charge in [0.1, 0.15) is 11.0 Å². The lowest BCUT2D eigenvalue weighted by atomic mass is 10.1. The first-order valence-electron chi connectivity index (χ1n) is 3.77. The van der Waals surface area contributed by atoms with Crippen LogP contribution in [0, 0.1) is 11.3 Å². The molecular weight excluding hydrogens is 259 g/mol. The van der Waals surface area contributed by atoms with Gasteiger partial charge in [0.15, 0.2) is 0 Å². The molecule has 1 aromatic rings. The van der Waals surface area contributed by atoms with Crippen LogP contribution in [0.1, 0.15) is 11.1 Å². The average molecular weight is 265 g/mol. The van der Waals surface area contributed by atoms with Crippen LogP contribution in [0.3, 0.4) is 0 Å². The van der Waals surface area contributed by atoms with Crippen molar-refractivity contribution in [2.24, 2.45) is 5.73 Å². The van der Waals surface area contributed by atoms with E-state index in [9.17, 15) is 8.42 Å². The molecule has 0 saturated carbocycles. The molecule has 80 valence electrons. The number of hydrogen-bond acceptors (Lipinski definition) is 4. The number of rotatable bonds is 2. The zero-order valence-electron chi connectivity index (χ0n) is 7.37. The normalized spacial score (nSPS) is 11.1. The number of nitrogens with zero attached hydrogens (tertiary/aromatic N) is 1. The van der Waals surface area contributed by atoms with Crippen LogP contribution in [-0.2, 0) is 15.6 Å². The van der Waals surface area contributed by atoms with Crippen molar-refractivity contribution in [1.29, 1.82) is 5.26 Å². The van der Waals surface area contributed by atoms with Crippen molar-refractivity contribution in [3.05, 3.63) is 28.3 Å². The van der Waals surface area contributed by atoms with Gasteiger partial charge in [0.25, 0.3) is 9.05 Å². The smallest absolute Gasteiger partial charge is 0.264 e. The predicted octanol–water partition coefficient (Wildman–Crippen LogP) is 1.60. The molecule has 0 heterocycles. The molecule has 0 unspecified atom stereocenters. The summed E-state index contributed by atoms with van der Waals surface area (Å²) in [6, 6.07) is 4.44. The molecule has 0 atom stereocenters. The van der Waals surface area contributed by atoms with E-state index in [1.807, 2.05) is 0 Å². The zero-order chi connectivity index (χ0) is 11.6. The Morgan fingerprint density at radius 1 is 1.47 bits per heavy atom. The standard InChI is InChI=1S/C8H6Cl2N2O2S/c9-7-2-5(3-11)1-6(4-12)8(7)15(10,13)14/h1-2H,3,11H2. The summed E-state index contributed by atoms with van der Waals surface area (Å²) in [5.74, 6) is 0. The molecule has 1 rings (SSSR count). The van der Waals surface area contributed by atoms with Gasteiger partial charge in [0, 0.05) is 17.2 Å². The first-order valence-corrected chi connectivity index (χ1v) is 6.46. The molecule has 4 nitrogen and oxygen atoms in total. The summed E-state index contributed by atoms with van der Waals surface area (Å²) < 4.78 is 22.3.